The van der Waals surface area contributed by atoms with Gasteiger partial charge in [0, 0.05) is 7.11 Å². The van der Waals surface area contributed by atoms with Gasteiger partial charge in [-0.25, -0.2) is 0 Å². The van der Waals surface area contributed by atoms with Crippen LogP contribution in [0.5, 0.6) is 5.75 Å². The highest BCUT2D eigenvalue weighted by molar-refractivity contribution is 5.82. The van der Waals surface area contributed by atoms with E-state index >= 15 is 0 Å². The molecule has 106 valence electrons. The van der Waals surface area contributed by atoms with E-state index in [0.29, 0.717) is 6.42 Å². The minimum atomic E-state index is -0.713. The monoisotopic (exact) mass is 268 g/mol. The van der Waals surface area contributed by atoms with E-state index in [0.717, 1.165) is 5.56 Å². The molecule has 1 unspecified atom stereocenters. The number of rotatable bonds is 7. The number of ether oxygens (including phenoxy) is 1. The Morgan fingerprint density at radius 1 is 1.42 bits per heavy atom. The summed E-state index contributed by atoms with van der Waals surface area (Å²) in [5.41, 5.74) is 6.64. The van der Waals surface area contributed by atoms with E-state index in [-0.39, 0.29) is 24.9 Å². The van der Waals surface area contributed by atoms with Crippen LogP contribution in [0.2, 0.25) is 0 Å². The minimum Gasteiger partial charge on any atom is -0.508 e. The maximum absolute atomic E-state index is 11.8. The van der Waals surface area contributed by atoms with Crippen molar-refractivity contribution >= 4 is 5.91 Å². The average Bonchev–Trinajstić information content (AvgIpc) is 2.40. The van der Waals surface area contributed by atoms with E-state index in [4.69, 9.17) is 20.7 Å². The Hall–Kier alpha value is -1.63. The number of carbonyl (C=O) groups excluding carboxylic acids is 1. The Balaban J connectivity index is 2.50. The van der Waals surface area contributed by atoms with Crippen molar-refractivity contribution in [2.24, 2.45) is 5.73 Å². The summed E-state index contributed by atoms with van der Waals surface area (Å²) in [6.07, 6.45) is 0.358. The molecule has 0 bridgehead atoms. The number of amides is 1. The second-order valence-corrected chi connectivity index (χ2v) is 4.32. The van der Waals surface area contributed by atoms with Gasteiger partial charge in [-0.1, -0.05) is 12.1 Å². The fourth-order valence-corrected chi connectivity index (χ4v) is 1.63. The Labute approximate surface area is 112 Å². The molecule has 1 rings (SSSR count). The molecule has 0 heterocycles. The number of hydrogen-bond acceptors (Lipinski definition) is 5. The highest BCUT2D eigenvalue weighted by Crippen LogP contribution is 2.10. The summed E-state index contributed by atoms with van der Waals surface area (Å²) in [4.78, 5) is 11.8. The van der Waals surface area contributed by atoms with Crippen molar-refractivity contribution in [2.45, 2.75) is 18.5 Å². The number of carbonyl (C=O) groups is 1. The molecular weight excluding hydrogens is 248 g/mol. The maximum Gasteiger partial charge on any atom is 0.237 e. The van der Waals surface area contributed by atoms with Crippen LogP contribution in [0.4, 0.5) is 0 Å². The average molecular weight is 268 g/mol. The molecule has 0 saturated carbocycles. The van der Waals surface area contributed by atoms with Crippen LogP contribution in [0.1, 0.15) is 5.56 Å². The standard InChI is InChI=1S/C13H20N2O4/c1-19-8-10(7-16)15-13(18)12(14)6-9-2-4-11(17)5-3-9/h2-5,10,12,16-17H,6-8,14H2,1H3,(H,15,18)/t10?,12-/m1/s1. The summed E-state index contributed by atoms with van der Waals surface area (Å²) in [7, 11) is 1.49. The number of benzene rings is 1. The minimum absolute atomic E-state index is 0.169. The zero-order valence-corrected chi connectivity index (χ0v) is 10.9. The number of aliphatic hydroxyl groups excluding tert-OH is 1. The second kappa shape index (κ2) is 7.73. The van der Waals surface area contributed by atoms with Gasteiger partial charge < -0.3 is 26.0 Å². The van der Waals surface area contributed by atoms with Crippen molar-refractivity contribution in [2.75, 3.05) is 20.3 Å². The van der Waals surface area contributed by atoms with Crippen LogP contribution < -0.4 is 11.1 Å². The number of hydrogen-bond donors (Lipinski definition) is 4. The van der Waals surface area contributed by atoms with Gasteiger partial charge in [0.15, 0.2) is 0 Å². The van der Waals surface area contributed by atoms with Crippen molar-refractivity contribution in [3.63, 3.8) is 0 Å². The Kier molecular flexibility index (Phi) is 6.27. The summed E-state index contributed by atoms with van der Waals surface area (Å²) in [5, 5.41) is 20.8. The van der Waals surface area contributed by atoms with Crippen molar-refractivity contribution in [3.8, 4) is 5.75 Å². The molecule has 0 aliphatic carbocycles. The molecule has 0 aliphatic rings. The lowest BCUT2D eigenvalue weighted by molar-refractivity contribution is -0.123. The molecule has 0 saturated heterocycles. The summed E-state index contributed by atoms with van der Waals surface area (Å²) in [6.45, 7) is 0.0275. The normalized spacial score (nSPS) is 13.8. The Bertz CT molecular complexity index is 394. The van der Waals surface area contributed by atoms with E-state index in [9.17, 15) is 4.79 Å². The van der Waals surface area contributed by atoms with Crippen molar-refractivity contribution in [3.05, 3.63) is 29.8 Å². The number of aromatic hydroxyl groups is 1. The largest absolute Gasteiger partial charge is 0.508 e. The predicted octanol–water partition coefficient (Wildman–Crippen LogP) is -0.614. The van der Waals surface area contributed by atoms with Gasteiger partial charge >= 0.3 is 0 Å². The van der Waals surface area contributed by atoms with Gasteiger partial charge in [0.05, 0.1) is 25.3 Å². The zero-order valence-electron chi connectivity index (χ0n) is 10.9. The lowest BCUT2D eigenvalue weighted by Gasteiger charge is -2.18. The topological polar surface area (TPSA) is 105 Å². The molecule has 19 heavy (non-hydrogen) atoms. The highest BCUT2D eigenvalue weighted by Gasteiger charge is 2.18. The molecule has 6 heteroatoms. The van der Waals surface area contributed by atoms with Crippen LogP contribution in [-0.4, -0.2) is 48.5 Å². The van der Waals surface area contributed by atoms with Crippen LogP contribution in [0.3, 0.4) is 0 Å². The smallest absolute Gasteiger partial charge is 0.237 e. The first-order valence-corrected chi connectivity index (χ1v) is 6.00. The summed E-state index contributed by atoms with van der Waals surface area (Å²) < 4.78 is 4.86. The van der Waals surface area contributed by atoms with Gasteiger partial charge in [-0.2, -0.15) is 0 Å². The summed E-state index contributed by atoms with van der Waals surface area (Å²) in [6, 6.07) is 5.34. The highest BCUT2D eigenvalue weighted by atomic mass is 16.5. The summed E-state index contributed by atoms with van der Waals surface area (Å²) >= 11 is 0. The molecule has 1 aromatic rings. The van der Waals surface area contributed by atoms with Crippen molar-refractivity contribution in [1.82, 2.24) is 5.32 Å². The van der Waals surface area contributed by atoms with Gasteiger partial charge in [-0.05, 0) is 24.1 Å². The number of methoxy groups -OCH3 is 1. The lowest BCUT2D eigenvalue weighted by atomic mass is 10.1. The van der Waals surface area contributed by atoms with Gasteiger partial charge in [0.1, 0.15) is 5.75 Å². The fourth-order valence-electron chi connectivity index (χ4n) is 1.63. The predicted molar refractivity (Wildman–Crippen MR) is 70.7 cm³/mol. The molecule has 0 radical (unpaired) electrons. The first-order chi connectivity index (χ1) is 9.06. The first-order valence-electron chi connectivity index (χ1n) is 6.00. The third kappa shape index (κ3) is 5.25. The molecule has 5 N–H and O–H groups in total. The zero-order chi connectivity index (χ0) is 14.3. The van der Waals surface area contributed by atoms with E-state index in [1.165, 1.54) is 7.11 Å². The Morgan fingerprint density at radius 2 is 2.05 bits per heavy atom. The number of aliphatic hydroxyl groups is 1. The van der Waals surface area contributed by atoms with Crippen molar-refractivity contribution in [1.29, 1.82) is 0 Å². The van der Waals surface area contributed by atoms with Crippen LogP contribution in [0.25, 0.3) is 0 Å². The molecule has 2 atom stereocenters. The molecule has 0 spiro atoms. The third-order valence-electron chi connectivity index (χ3n) is 2.66. The summed E-state index contributed by atoms with van der Waals surface area (Å²) in [5.74, 6) is -0.175. The first kappa shape index (κ1) is 15.4. The van der Waals surface area contributed by atoms with Crippen LogP contribution >= 0.6 is 0 Å². The quantitative estimate of drug-likeness (QED) is 0.528. The third-order valence-corrected chi connectivity index (χ3v) is 2.66. The SMILES string of the molecule is COCC(CO)NC(=O)[C@H](N)Cc1ccc(O)cc1. The molecule has 1 amide bonds. The fraction of sp³-hybridized carbons (Fsp3) is 0.462. The molecule has 0 aromatic heterocycles. The van der Waals surface area contributed by atoms with Crippen molar-refractivity contribution < 1.29 is 19.7 Å². The molecule has 1 aromatic carbocycles. The number of nitrogens with one attached hydrogen (secondary N) is 1. The van der Waals surface area contributed by atoms with Crippen LogP contribution in [-0.2, 0) is 16.0 Å². The van der Waals surface area contributed by atoms with Gasteiger partial charge in [0.25, 0.3) is 0 Å². The number of nitrogens with two attached hydrogens (primary N) is 1. The Morgan fingerprint density at radius 3 is 2.58 bits per heavy atom. The number of phenolic OH excluding ortho intramolecular Hbond substituents is 1. The second-order valence-electron chi connectivity index (χ2n) is 4.32. The van der Waals surface area contributed by atoms with Gasteiger partial charge in [-0.15, -0.1) is 0 Å². The molecule has 0 aliphatic heterocycles. The van der Waals surface area contributed by atoms with E-state index in [2.05, 4.69) is 5.32 Å². The molecular formula is C13H20N2O4. The van der Waals surface area contributed by atoms with Crippen LogP contribution in [0.15, 0.2) is 24.3 Å². The van der Waals surface area contributed by atoms with E-state index in [1.54, 1.807) is 24.3 Å². The van der Waals surface area contributed by atoms with Gasteiger partial charge in [-0.3, -0.25) is 4.79 Å². The number of phenols is 1. The molecule has 0 fully saturated rings. The van der Waals surface area contributed by atoms with Crippen LogP contribution in [0, 0.1) is 0 Å². The lowest BCUT2D eigenvalue weighted by Crippen LogP contribution is -2.49. The van der Waals surface area contributed by atoms with E-state index in [1.807, 2.05) is 0 Å². The molecule has 6 nitrogen and oxygen atoms in total. The van der Waals surface area contributed by atoms with Gasteiger partial charge in [0.2, 0.25) is 5.91 Å². The van der Waals surface area contributed by atoms with E-state index < -0.39 is 12.1 Å². The maximum atomic E-state index is 11.8.